The van der Waals surface area contributed by atoms with E-state index in [0.29, 0.717) is 5.02 Å². The van der Waals surface area contributed by atoms with E-state index in [2.05, 4.69) is 10.9 Å². The van der Waals surface area contributed by atoms with E-state index in [9.17, 15) is 4.79 Å². The standard InChI is InChI=1S/C10H12ClN3O/c11-7-1-3-8(4-2-7)13-14-9(15)10(12)5-6-10/h1-4,13H,5-6,12H2,(H,14,15). The molecule has 1 amide bonds. The lowest BCUT2D eigenvalue weighted by Crippen LogP contribution is -2.45. The first kappa shape index (κ1) is 10.3. The van der Waals surface area contributed by atoms with E-state index in [1.807, 2.05) is 0 Å². The molecule has 0 saturated heterocycles. The molecule has 1 saturated carbocycles. The van der Waals surface area contributed by atoms with Gasteiger partial charge in [0.25, 0.3) is 5.91 Å². The Kier molecular flexibility index (Phi) is 2.54. The number of nitrogens with one attached hydrogen (secondary N) is 2. The Balaban J connectivity index is 1.88. The van der Waals surface area contributed by atoms with Gasteiger partial charge in [-0.2, -0.15) is 0 Å². The van der Waals surface area contributed by atoms with Crippen LogP contribution in [0.5, 0.6) is 0 Å². The number of nitrogens with two attached hydrogens (primary N) is 1. The van der Waals surface area contributed by atoms with Crippen LogP contribution in [0, 0.1) is 0 Å². The molecule has 0 bridgehead atoms. The second kappa shape index (κ2) is 3.72. The van der Waals surface area contributed by atoms with Gasteiger partial charge in [0, 0.05) is 5.02 Å². The Morgan fingerprint density at radius 3 is 2.47 bits per heavy atom. The number of carbonyl (C=O) groups excluding carboxylic acids is 1. The van der Waals surface area contributed by atoms with E-state index in [1.54, 1.807) is 24.3 Å². The van der Waals surface area contributed by atoms with Crippen LogP contribution in [0.3, 0.4) is 0 Å². The predicted molar refractivity (Wildman–Crippen MR) is 59.4 cm³/mol. The van der Waals surface area contributed by atoms with Gasteiger partial charge in [0.05, 0.1) is 11.2 Å². The molecule has 0 aromatic heterocycles. The lowest BCUT2D eigenvalue weighted by atomic mass is 10.3. The minimum absolute atomic E-state index is 0.169. The van der Waals surface area contributed by atoms with Crippen LogP contribution in [0.25, 0.3) is 0 Å². The average molecular weight is 226 g/mol. The highest BCUT2D eigenvalue weighted by molar-refractivity contribution is 6.30. The largest absolute Gasteiger partial charge is 0.317 e. The molecule has 4 nitrogen and oxygen atoms in total. The fourth-order valence-electron chi connectivity index (χ4n) is 1.15. The number of hydrazine groups is 1. The van der Waals surface area contributed by atoms with Gasteiger partial charge < -0.3 is 5.73 Å². The molecule has 1 aromatic rings. The lowest BCUT2D eigenvalue weighted by Gasteiger charge is -2.11. The number of anilines is 1. The maximum Gasteiger partial charge on any atom is 0.258 e. The number of carbonyl (C=O) groups is 1. The molecule has 0 unspecified atom stereocenters. The monoisotopic (exact) mass is 225 g/mol. The molecule has 0 atom stereocenters. The van der Waals surface area contributed by atoms with Gasteiger partial charge in [0.1, 0.15) is 0 Å². The highest BCUT2D eigenvalue weighted by Crippen LogP contribution is 2.32. The van der Waals surface area contributed by atoms with E-state index < -0.39 is 5.54 Å². The molecular formula is C10H12ClN3O. The maximum absolute atomic E-state index is 11.4. The van der Waals surface area contributed by atoms with Crippen LogP contribution in [-0.2, 0) is 4.79 Å². The first-order valence-electron chi connectivity index (χ1n) is 4.71. The molecule has 80 valence electrons. The summed E-state index contributed by atoms with van der Waals surface area (Å²) in [5, 5.41) is 0.657. The SMILES string of the molecule is NC1(C(=O)NNc2ccc(Cl)cc2)CC1. The maximum atomic E-state index is 11.4. The smallest absolute Gasteiger partial charge is 0.258 e. The normalized spacial score (nSPS) is 16.9. The van der Waals surface area contributed by atoms with Gasteiger partial charge in [-0.15, -0.1) is 0 Å². The third-order valence-electron chi connectivity index (χ3n) is 2.41. The topological polar surface area (TPSA) is 67.2 Å². The van der Waals surface area contributed by atoms with Crippen molar-refractivity contribution in [3.63, 3.8) is 0 Å². The zero-order valence-electron chi connectivity index (χ0n) is 8.09. The molecule has 0 spiro atoms. The van der Waals surface area contributed by atoms with Crippen molar-refractivity contribution in [2.24, 2.45) is 5.73 Å². The van der Waals surface area contributed by atoms with Crippen molar-refractivity contribution in [2.75, 3.05) is 5.43 Å². The van der Waals surface area contributed by atoms with Crippen LogP contribution in [-0.4, -0.2) is 11.4 Å². The number of amides is 1. The first-order valence-corrected chi connectivity index (χ1v) is 5.09. The Hall–Kier alpha value is -1.26. The van der Waals surface area contributed by atoms with Gasteiger partial charge in [-0.1, -0.05) is 11.6 Å². The third kappa shape index (κ3) is 2.40. The summed E-state index contributed by atoms with van der Waals surface area (Å²) in [5.74, 6) is -0.169. The molecule has 1 fully saturated rings. The predicted octanol–water partition coefficient (Wildman–Crippen LogP) is 1.27. The summed E-state index contributed by atoms with van der Waals surface area (Å²) in [6, 6.07) is 7.04. The minimum atomic E-state index is -0.653. The number of hydrogen-bond acceptors (Lipinski definition) is 3. The van der Waals surface area contributed by atoms with Crippen molar-refractivity contribution in [2.45, 2.75) is 18.4 Å². The first-order chi connectivity index (χ1) is 7.10. The van der Waals surface area contributed by atoms with Gasteiger partial charge in [-0.05, 0) is 37.1 Å². The number of benzene rings is 1. The molecule has 0 heterocycles. The summed E-state index contributed by atoms with van der Waals surface area (Å²) in [5.41, 5.74) is 11.2. The molecule has 15 heavy (non-hydrogen) atoms. The second-order valence-corrected chi connectivity index (χ2v) is 4.18. The van der Waals surface area contributed by atoms with Gasteiger partial charge in [0.2, 0.25) is 0 Å². The van der Waals surface area contributed by atoms with Gasteiger partial charge in [-0.25, -0.2) is 0 Å². The number of halogens is 1. The molecule has 5 heteroatoms. The fraction of sp³-hybridized carbons (Fsp3) is 0.300. The van der Waals surface area contributed by atoms with Crippen LogP contribution in [0.1, 0.15) is 12.8 Å². The van der Waals surface area contributed by atoms with Gasteiger partial charge in [0.15, 0.2) is 0 Å². The summed E-state index contributed by atoms with van der Waals surface area (Å²) >= 11 is 5.72. The fourth-order valence-corrected chi connectivity index (χ4v) is 1.27. The molecule has 0 aliphatic heterocycles. The van der Waals surface area contributed by atoms with E-state index in [0.717, 1.165) is 18.5 Å². The molecule has 1 aliphatic carbocycles. The van der Waals surface area contributed by atoms with Crippen molar-refractivity contribution >= 4 is 23.2 Å². The quantitative estimate of drug-likeness (QED) is 0.679. The summed E-state index contributed by atoms with van der Waals surface area (Å²) in [6.07, 6.45) is 1.50. The molecule has 2 rings (SSSR count). The van der Waals surface area contributed by atoms with E-state index in [4.69, 9.17) is 17.3 Å². The van der Waals surface area contributed by atoms with Crippen LogP contribution in [0.4, 0.5) is 5.69 Å². The Morgan fingerprint density at radius 2 is 1.93 bits per heavy atom. The Labute approximate surface area is 92.8 Å². The van der Waals surface area contributed by atoms with Crippen molar-refractivity contribution in [3.8, 4) is 0 Å². The third-order valence-corrected chi connectivity index (χ3v) is 2.66. The summed E-state index contributed by atoms with van der Waals surface area (Å²) in [4.78, 5) is 11.4. The zero-order chi connectivity index (χ0) is 10.9. The van der Waals surface area contributed by atoms with Crippen LogP contribution in [0.15, 0.2) is 24.3 Å². The summed E-state index contributed by atoms with van der Waals surface area (Å²) in [6.45, 7) is 0. The van der Waals surface area contributed by atoms with Crippen LogP contribution < -0.4 is 16.6 Å². The molecule has 0 radical (unpaired) electrons. The van der Waals surface area contributed by atoms with Crippen molar-refractivity contribution in [3.05, 3.63) is 29.3 Å². The molecule has 4 N–H and O–H groups in total. The van der Waals surface area contributed by atoms with Crippen LogP contribution >= 0.6 is 11.6 Å². The number of hydrogen-bond donors (Lipinski definition) is 3. The van der Waals surface area contributed by atoms with E-state index in [-0.39, 0.29) is 5.91 Å². The van der Waals surface area contributed by atoms with Crippen molar-refractivity contribution < 1.29 is 4.79 Å². The Morgan fingerprint density at radius 1 is 1.33 bits per heavy atom. The molecule has 1 aliphatic rings. The number of rotatable bonds is 3. The van der Waals surface area contributed by atoms with Crippen molar-refractivity contribution in [1.82, 2.24) is 5.43 Å². The highest BCUT2D eigenvalue weighted by Gasteiger charge is 2.45. The summed E-state index contributed by atoms with van der Waals surface area (Å²) < 4.78 is 0. The zero-order valence-corrected chi connectivity index (χ0v) is 8.84. The summed E-state index contributed by atoms with van der Waals surface area (Å²) in [7, 11) is 0. The Bertz CT molecular complexity index is 373. The van der Waals surface area contributed by atoms with E-state index >= 15 is 0 Å². The van der Waals surface area contributed by atoms with E-state index in [1.165, 1.54) is 0 Å². The van der Waals surface area contributed by atoms with Crippen molar-refractivity contribution in [1.29, 1.82) is 0 Å². The highest BCUT2D eigenvalue weighted by atomic mass is 35.5. The average Bonchev–Trinajstić information content (AvgIpc) is 2.97. The minimum Gasteiger partial charge on any atom is -0.317 e. The lowest BCUT2D eigenvalue weighted by molar-refractivity contribution is -0.122. The van der Waals surface area contributed by atoms with Gasteiger partial charge in [-0.3, -0.25) is 15.6 Å². The van der Waals surface area contributed by atoms with Crippen LogP contribution in [0.2, 0.25) is 5.02 Å². The van der Waals surface area contributed by atoms with Gasteiger partial charge >= 0.3 is 0 Å². The second-order valence-electron chi connectivity index (χ2n) is 3.74. The molecular weight excluding hydrogens is 214 g/mol. The molecule has 1 aromatic carbocycles.